The molecule has 2 saturated heterocycles. The molecule has 0 aliphatic carbocycles. The predicted molar refractivity (Wildman–Crippen MR) is 91.2 cm³/mol. The maximum atomic E-state index is 12.0. The van der Waals surface area contributed by atoms with Crippen LogP contribution in [0.1, 0.15) is 43.9 Å². The van der Waals surface area contributed by atoms with E-state index in [9.17, 15) is 4.79 Å². The first-order valence-electron chi connectivity index (χ1n) is 8.95. The molecule has 2 fully saturated rings. The first-order chi connectivity index (χ1) is 12.2. The fourth-order valence-corrected chi connectivity index (χ4v) is 3.46. The van der Waals surface area contributed by atoms with E-state index in [2.05, 4.69) is 5.10 Å². The van der Waals surface area contributed by atoms with Gasteiger partial charge in [0.1, 0.15) is 0 Å². The Bertz CT molecular complexity index is 761. The van der Waals surface area contributed by atoms with Gasteiger partial charge in [0.25, 0.3) is 0 Å². The number of carbonyl (C=O) groups is 1. The minimum atomic E-state index is -0.430. The average molecular weight is 345 g/mol. The second kappa shape index (κ2) is 6.92. The van der Waals surface area contributed by atoms with Crippen LogP contribution in [0.5, 0.6) is 5.75 Å². The van der Waals surface area contributed by atoms with Gasteiger partial charge in [-0.05, 0) is 50.7 Å². The van der Waals surface area contributed by atoms with Crippen LogP contribution in [0.25, 0.3) is 10.9 Å². The maximum Gasteiger partial charge on any atom is 0.452 e. The van der Waals surface area contributed by atoms with Crippen LogP contribution in [0.4, 0.5) is 4.79 Å². The largest absolute Gasteiger partial charge is 0.452 e. The normalized spacial score (nSPS) is 20.8. The van der Waals surface area contributed by atoms with Gasteiger partial charge in [0.05, 0.1) is 11.7 Å². The van der Waals surface area contributed by atoms with Gasteiger partial charge in [-0.2, -0.15) is 5.10 Å². The molecule has 1 aromatic carbocycles. The number of hydrogen-bond donors (Lipinski definition) is 0. The summed E-state index contributed by atoms with van der Waals surface area (Å²) in [4.78, 5) is 24.0. The highest BCUT2D eigenvalue weighted by atomic mass is 17.2. The molecule has 2 aliphatic rings. The van der Waals surface area contributed by atoms with E-state index in [1.807, 2.05) is 29.9 Å². The Labute approximate surface area is 146 Å². The Morgan fingerprint density at radius 2 is 2.08 bits per heavy atom. The molecule has 4 rings (SSSR count). The smallest absolute Gasteiger partial charge is 0.356 e. The van der Waals surface area contributed by atoms with Crippen molar-refractivity contribution in [1.82, 2.24) is 14.7 Å². The van der Waals surface area contributed by atoms with E-state index in [1.54, 1.807) is 4.90 Å². The molecule has 0 spiro atoms. The topological polar surface area (TPSA) is 65.8 Å². The van der Waals surface area contributed by atoms with Crippen LogP contribution in [-0.2, 0) is 9.62 Å². The zero-order chi connectivity index (χ0) is 17.2. The molecule has 2 aromatic rings. The number of carbonyl (C=O) groups excluding carboxylic acids is 1. The molecule has 25 heavy (non-hydrogen) atoms. The van der Waals surface area contributed by atoms with E-state index < -0.39 is 6.09 Å². The Hall–Kier alpha value is -2.28. The minimum Gasteiger partial charge on any atom is -0.356 e. The molecular weight excluding hydrogens is 322 g/mol. The van der Waals surface area contributed by atoms with Crippen molar-refractivity contribution in [3.05, 3.63) is 23.9 Å². The third-order valence-corrected chi connectivity index (χ3v) is 4.89. The van der Waals surface area contributed by atoms with Gasteiger partial charge in [0, 0.05) is 31.1 Å². The molecule has 1 aromatic heterocycles. The Morgan fingerprint density at radius 3 is 2.84 bits per heavy atom. The molecule has 1 amide bonds. The number of likely N-dealkylation sites (tertiary alicyclic amines) is 1. The molecule has 0 bridgehead atoms. The summed E-state index contributed by atoms with van der Waals surface area (Å²) in [6.45, 7) is 4.14. The maximum absolute atomic E-state index is 12.0. The van der Waals surface area contributed by atoms with Gasteiger partial charge in [-0.1, -0.05) is 0 Å². The number of rotatable bonds is 3. The van der Waals surface area contributed by atoms with Crippen molar-refractivity contribution in [3.63, 3.8) is 0 Å². The average Bonchev–Trinajstić information content (AvgIpc) is 3.30. The second-order valence-electron chi connectivity index (χ2n) is 6.71. The second-order valence-corrected chi connectivity index (χ2v) is 6.71. The third-order valence-electron chi connectivity index (χ3n) is 4.89. The molecule has 7 nitrogen and oxygen atoms in total. The standard InChI is InChI=1S/C18H23N3O4/c1-13-10-14-12-19-21(17-6-2-5-9-23-17)15(14)11-16(13)24-25-18(22)20-7-3-4-8-20/h10-12,17H,2-9H2,1H3. The summed E-state index contributed by atoms with van der Waals surface area (Å²) < 4.78 is 7.73. The molecule has 134 valence electrons. The zero-order valence-corrected chi connectivity index (χ0v) is 14.4. The lowest BCUT2D eigenvalue weighted by atomic mass is 10.1. The Balaban J connectivity index is 1.53. The first-order valence-corrected chi connectivity index (χ1v) is 8.95. The van der Waals surface area contributed by atoms with Gasteiger partial charge in [0.15, 0.2) is 12.0 Å². The molecule has 7 heteroatoms. The number of fused-ring (bicyclic) bond motifs is 1. The molecular formula is C18H23N3O4. The number of nitrogens with zero attached hydrogens (tertiary/aromatic N) is 3. The molecule has 0 N–H and O–H groups in total. The SMILES string of the molecule is Cc1cc2cnn(C3CCCCO3)c2cc1OOC(=O)N1CCCC1. The van der Waals surface area contributed by atoms with Crippen molar-refractivity contribution < 1.29 is 19.3 Å². The summed E-state index contributed by atoms with van der Waals surface area (Å²) in [7, 11) is 0. The van der Waals surface area contributed by atoms with Crippen LogP contribution in [0.15, 0.2) is 18.3 Å². The molecule has 2 aliphatic heterocycles. The summed E-state index contributed by atoms with van der Waals surface area (Å²) >= 11 is 0. The Morgan fingerprint density at radius 1 is 1.24 bits per heavy atom. The fourth-order valence-electron chi connectivity index (χ4n) is 3.46. The summed E-state index contributed by atoms with van der Waals surface area (Å²) in [5.74, 6) is 0.526. The molecule has 1 atom stereocenters. The lowest BCUT2D eigenvalue weighted by Gasteiger charge is -2.23. The number of ether oxygens (including phenoxy) is 1. The van der Waals surface area contributed by atoms with Gasteiger partial charge in [-0.25, -0.2) is 14.4 Å². The number of benzene rings is 1. The number of hydrogen-bond acceptors (Lipinski definition) is 5. The fraction of sp³-hybridized carbons (Fsp3) is 0.556. The minimum absolute atomic E-state index is 0.0473. The van der Waals surface area contributed by atoms with Gasteiger partial charge in [0.2, 0.25) is 0 Å². The van der Waals surface area contributed by atoms with Crippen LogP contribution in [0.2, 0.25) is 0 Å². The lowest BCUT2D eigenvalue weighted by molar-refractivity contribution is -0.153. The van der Waals surface area contributed by atoms with E-state index in [1.165, 1.54) is 0 Å². The van der Waals surface area contributed by atoms with Gasteiger partial charge in [-0.15, -0.1) is 0 Å². The van der Waals surface area contributed by atoms with E-state index in [4.69, 9.17) is 14.5 Å². The van der Waals surface area contributed by atoms with Crippen molar-refractivity contribution in [3.8, 4) is 5.75 Å². The summed E-state index contributed by atoms with van der Waals surface area (Å²) in [6.07, 6.45) is 6.56. The van der Waals surface area contributed by atoms with E-state index in [-0.39, 0.29) is 6.23 Å². The summed E-state index contributed by atoms with van der Waals surface area (Å²) in [5.41, 5.74) is 1.82. The highest BCUT2D eigenvalue weighted by molar-refractivity contribution is 5.81. The van der Waals surface area contributed by atoms with Crippen molar-refractivity contribution in [2.24, 2.45) is 0 Å². The van der Waals surface area contributed by atoms with Crippen LogP contribution in [-0.4, -0.2) is 40.5 Å². The van der Waals surface area contributed by atoms with E-state index >= 15 is 0 Å². The van der Waals surface area contributed by atoms with Crippen molar-refractivity contribution >= 4 is 17.0 Å². The Kier molecular flexibility index (Phi) is 4.48. The summed E-state index contributed by atoms with van der Waals surface area (Å²) in [6, 6.07) is 3.85. The first kappa shape index (κ1) is 16.2. The summed E-state index contributed by atoms with van der Waals surface area (Å²) in [5, 5.41) is 5.50. The van der Waals surface area contributed by atoms with Gasteiger partial charge in [-0.3, -0.25) is 4.89 Å². The van der Waals surface area contributed by atoms with Crippen molar-refractivity contribution in [1.29, 1.82) is 0 Å². The number of aromatic nitrogens is 2. The van der Waals surface area contributed by atoms with Crippen LogP contribution < -0.4 is 4.89 Å². The van der Waals surface area contributed by atoms with Crippen LogP contribution in [0.3, 0.4) is 0 Å². The molecule has 3 heterocycles. The number of aryl methyl sites for hydroxylation is 1. The highest BCUT2D eigenvalue weighted by Gasteiger charge is 2.22. The van der Waals surface area contributed by atoms with E-state index in [0.717, 1.165) is 68.3 Å². The van der Waals surface area contributed by atoms with Crippen molar-refractivity contribution in [2.45, 2.75) is 45.3 Å². The predicted octanol–water partition coefficient (Wildman–Crippen LogP) is 3.57. The number of amides is 1. The van der Waals surface area contributed by atoms with Gasteiger partial charge >= 0.3 is 6.09 Å². The molecule has 0 saturated carbocycles. The van der Waals surface area contributed by atoms with Crippen LogP contribution in [0, 0.1) is 6.92 Å². The van der Waals surface area contributed by atoms with Crippen LogP contribution >= 0.6 is 0 Å². The monoisotopic (exact) mass is 345 g/mol. The third kappa shape index (κ3) is 3.28. The van der Waals surface area contributed by atoms with E-state index in [0.29, 0.717) is 5.75 Å². The van der Waals surface area contributed by atoms with Crippen molar-refractivity contribution in [2.75, 3.05) is 19.7 Å². The zero-order valence-electron chi connectivity index (χ0n) is 14.4. The quantitative estimate of drug-likeness (QED) is 0.628. The lowest BCUT2D eigenvalue weighted by Crippen LogP contribution is -2.29. The molecule has 0 radical (unpaired) electrons. The molecule has 1 unspecified atom stereocenters. The highest BCUT2D eigenvalue weighted by Crippen LogP contribution is 2.30. The van der Waals surface area contributed by atoms with Gasteiger partial charge < -0.3 is 9.64 Å².